The number of halogens is 1. The molecule has 0 aliphatic rings. The summed E-state index contributed by atoms with van der Waals surface area (Å²) in [5.41, 5.74) is 0. The van der Waals surface area contributed by atoms with Crippen LogP contribution in [0.5, 0.6) is 0 Å². The van der Waals surface area contributed by atoms with Gasteiger partial charge in [-0.05, 0) is 35.8 Å². The first kappa shape index (κ1) is 17.1. The van der Waals surface area contributed by atoms with Crippen molar-refractivity contribution in [2.75, 3.05) is 6.54 Å². The number of carboxylic acids is 1. The molecule has 1 aromatic rings. The summed E-state index contributed by atoms with van der Waals surface area (Å²) >= 11 is 3.81. The van der Waals surface area contributed by atoms with Crippen LogP contribution in [0.25, 0.3) is 0 Å². The van der Waals surface area contributed by atoms with Gasteiger partial charge in [-0.15, -0.1) is 11.3 Å². The molecule has 0 aliphatic carbocycles. The molecule has 0 saturated carbocycles. The third-order valence-electron chi connectivity index (χ3n) is 2.23. The first-order chi connectivity index (χ1) is 9.19. The Kier molecular flexibility index (Phi) is 5.68. The van der Waals surface area contributed by atoms with Crippen LogP contribution in [0.3, 0.4) is 0 Å². The van der Waals surface area contributed by atoms with Crippen LogP contribution >= 0.6 is 27.3 Å². The molecule has 10 heteroatoms. The van der Waals surface area contributed by atoms with Gasteiger partial charge in [0.2, 0.25) is 15.9 Å². The van der Waals surface area contributed by atoms with E-state index in [0.29, 0.717) is 6.54 Å². The second-order valence-corrected chi connectivity index (χ2v) is 7.84. The molecule has 1 unspecified atom stereocenters. The molecule has 1 atom stereocenters. The molecule has 0 aromatic carbocycles. The molecule has 7 nitrogen and oxygen atoms in total. The van der Waals surface area contributed by atoms with E-state index in [1.54, 1.807) is 6.92 Å². The number of carboxylic acid groups (broad SMARTS) is 1. The first-order valence-electron chi connectivity index (χ1n) is 5.51. The fourth-order valence-corrected chi connectivity index (χ4v) is 4.92. The van der Waals surface area contributed by atoms with Crippen molar-refractivity contribution >= 4 is 49.2 Å². The second-order valence-electron chi connectivity index (χ2n) is 3.79. The maximum absolute atomic E-state index is 12.1. The zero-order chi connectivity index (χ0) is 15.5. The predicted molar refractivity (Wildman–Crippen MR) is 77.4 cm³/mol. The van der Waals surface area contributed by atoms with E-state index >= 15 is 0 Å². The Hall–Kier alpha value is -0.970. The minimum Gasteiger partial charge on any atom is -0.477 e. The average Bonchev–Trinajstić information content (AvgIpc) is 2.72. The molecule has 0 fully saturated rings. The van der Waals surface area contributed by atoms with Gasteiger partial charge in [-0.3, -0.25) is 4.79 Å². The van der Waals surface area contributed by atoms with Crippen molar-refractivity contribution in [1.82, 2.24) is 10.0 Å². The smallest absolute Gasteiger partial charge is 0.345 e. The van der Waals surface area contributed by atoms with Gasteiger partial charge in [-0.2, -0.15) is 4.72 Å². The Morgan fingerprint density at radius 1 is 1.50 bits per heavy atom. The molecule has 0 aliphatic heterocycles. The summed E-state index contributed by atoms with van der Waals surface area (Å²) in [7, 11) is -3.98. The molecule has 1 aromatic heterocycles. The normalized spacial score (nSPS) is 12.9. The highest BCUT2D eigenvalue weighted by Crippen LogP contribution is 2.31. The maximum Gasteiger partial charge on any atom is 0.345 e. The van der Waals surface area contributed by atoms with E-state index in [4.69, 9.17) is 5.11 Å². The molecule has 1 heterocycles. The summed E-state index contributed by atoms with van der Waals surface area (Å²) in [6, 6.07) is 0.0872. The van der Waals surface area contributed by atoms with Gasteiger partial charge >= 0.3 is 5.97 Å². The lowest BCUT2D eigenvalue weighted by Crippen LogP contribution is -2.44. The molecule has 1 rings (SSSR count). The van der Waals surface area contributed by atoms with Crippen molar-refractivity contribution in [1.29, 1.82) is 0 Å². The third-order valence-corrected chi connectivity index (χ3v) is 6.01. The van der Waals surface area contributed by atoms with Crippen LogP contribution in [-0.4, -0.2) is 38.0 Å². The lowest BCUT2D eigenvalue weighted by Gasteiger charge is -2.13. The number of hydrogen-bond donors (Lipinski definition) is 3. The number of likely N-dealkylation sites (N-methyl/N-ethyl adjacent to an activating group) is 1. The molecule has 0 radical (unpaired) electrons. The molecule has 0 spiro atoms. The molecular formula is C10H13BrN2O5S2. The fourth-order valence-electron chi connectivity index (χ4n) is 1.32. The Morgan fingerprint density at radius 2 is 2.10 bits per heavy atom. The number of amides is 1. The van der Waals surface area contributed by atoms with Crippen molar-refractivity contribution in [2.45, 2.75) is 24.8 Å². The van der Waals surface area contributed by atoms with Crippen LogP contribution < -0.4 is 10.0 Å². The molecule has 1 amide bonds. The van der Waals surface area contributed by atoms with E-state index < -0.39 is 27.9 Å². The number of carbonyl (C=O) groups is 2. The topological polar surface area (TPSA) is 113 Å². The second kappa shape index (κ2) is 6.66. The van der Waals surface area contributed by atoms with E-state index in [9.17, 15) is 18.0 Å². The summed E-state index contributed by atoms with van der Waals surface area (Å²) in [6.45, 7) is 3.50. The monoisotopic (exact) mass is 384 g/mol. The van der Waals surface area contributed by atoms with E-state index in [-0.39, 0.29) is 13.6 Å². The summed E-state index contributed by atoms with van der Waals surface area (Å²) in [4.78, 5) is 22.0. The van der Waals surface area contributed by atoms with E-state index in [2.05, 4.69) is 26.0 Å². The number of aromatic carboxylic acids is 1. The first-order valence-corrected chi connectivity index (χ1v) is 8.61. The third kappa shape index (κ3) is 4.01. The Balaban J connectivity index is 3.00. The molecule has 3 N–H and O–H groups in total. The van der Waals surface area contributed by atoms with Crippen LogP contribution in [0, 0.1) is 0 Å². The fraction of sp³-hybridized carbons (Fsp3) is 0.400. The summed E-state index contributed by atoms with van der Waals surface area (Å²) in [5, 5.41) is 11.3. The van der Waals surface area contributed by atoms with Crippen molar-refractivity contribution < 1.29 is 23.1 Å². The standard InChI is InChI=1S/C10H13BrN2O5S2/c1-3-12-9(14)5(2)13-20(17,18)7-4-6(10(15)16)19-8(7)11/h4-5,13H,3H2,1-2H3,(H,12,14)(H,15,16). The molecular weight excluding hydrogens is 372 g/mol. The van der Waals surface area contributed by atoms with E-state index in [1.807, 2.05) is 0 Å². The summed E-state index contributed by atoms with van der Waals surface area (Å²) in [6.07, 6.45) is 0. The van der Waals surface area contributed by atoms with Gasteiger partial charge in [0, 0.05) is 6.54 Å². The number of carbonyl (C=O) groups excluding carboxylic acids is 1. The largest absolute Gasteiger partial charge is 0.477 e. The number of rotatable bonds is 6. The Morgan fingerprint density at radius 3 is 2.55 bits per heavy atom. The molecule has 0 saturated heterocycles. The predicted octanol–water partition coefficient (Wildman–Crippen LogP) is 1.01. The highest BCUT2D eigenvalue weighted by molar-refractivity contribution is 9.11. The summed E-state index contributed by atoms with van der Waals surface area (Å²) < 4.78 is 26.6. The van der Waals surface area contributed by atoms with Gasteiger partial charge in [-0.1, -0.05) is 0 Å². The quantitative estimate of drug-likeness (QED) is 0.677. The van der Waals surface area contributed by atoms with Crippen LogP contribution in [0.1, 0.15) is 23.5 Å². The van der Waals surface area contributed by atoms with Gasteiger partial charge in [-0.25, -0.2) is 13.2 Å². The Labute approximate surface area is 128 Å². The number of thiophene rings is 1. The van der Waals surface area contributed by atoms with Crippen molar-refractivity contribution in [3.05, 3.63) is 14.7 Å². The van der Waals surface area contributed by atoms with Crippen LogP contribution in [0.2, 0.25) is 0 Å². The number of nitrogens with one attached hydrogen (secondary N) is 2. The Bertz CT molecular complexity index is 626. The van der Waals surface area contributed by atoms with Gasteiger partial charge < -0.3 is 10.4 Å². The van der Waals surface area contributed by atoms with Crippen molar-refractivity contribution in [3.63, 3.8) is 0 Å². The lowest BCUT2D eigenvalue weighted by atomic mass is 10.3. The maximum atomic E-state index is 12.1. The highest BCUT2D eigenvalue weighted by atomic mass is 79.9. The minimum atomic E-state index is -3.98. The zero-order valence-electron chi connectivity index (χ0n) is 10.6. The summed E-state index contributed by atoms with van der Waals surface area (Å²) in [5.74, 6) is -1.67. The number of hydrogen-bond acceptors (Lipinski definition) is 5. The van der Waals surface area contributed by atoms with Gasteiger partial charge in [0.25, 0.3) is 0 Å². The van der Waals surface area contributed by atoms with Crippen LogP contribution in [0.4, 0.5) is 0 Å². The van der Waals surface area contributed by atoms with E-state index in [1.165, 1.54) is 6.92 Å². The minimum absolute atomic E-state index is 0.108. The van der Waals surface area contributed by atoms with Crippen LogP contribution in [0.15, 0.2) is 14.7 Å². The molecule has 0 bridgehead atoms. The van der Waals surface area contributed by atoms with Crippen molar-refractivity contribution in [2.24, 2.45) is 0 Å². The molecule has 20 heavy (non-hydrogen) atoms. The average molecular weight is 385 g/mol. The zero-order valence-corrected chi connectivity index (χ0v) is 13.9. The van der Waals surface area contributed by atoms with Gasteiger partial charge in [0.1, 0.15) is 9.77 Å². The SMILES string of the molecule is CCNC(=O)C(C)NS(=O)(=O)c1cc(C(=O)O)sc1Br. The number of sulfonamides is 1. The van der Waals surface area contributed by atoms with Gasteiger partial charge in [0.05, 0.1) is 9.83 Å². The highest BCUT2D eigenvalue weighted by Gasteiger charge is 2.26. The van der Waals surface area contributed by atoms with Crippen molar-refractivity contribution in [3.8, 4) is 0 Å². The van der Waals surface area contributed by atoms with E-state index in [0.717, 1.165) is 17.4 Å². The molecule has 112 valence electrons. The lowest BCUT2D eigenvalue weighted by molar-refractivity contribution is -0.122. The van der Waals surface area contributed by atoms with Gasteiger partial charge in [0.15, 0.2) is 0 Å². The van der Waals surface area contributed by atoms with Crippen LogP contribution in [-0.2, 0) is 14.8 Å².